The van der Waals surface area contributed by atoms with Crippen molar-refractivity contribution in [3.05, 3.63) is 0 Å². The van der Waals surface area contributed by atoms with Gasteiger partial charge in [0.2, 0.25) is 5.91 Å². The molecule has 1 saturated heterocycles. The molecular formula is C15H28BrNO2. The Morgan fingerprint density at radius 1 is 1.37 bits per heavy atom. The van der Waals surface area contributed by atoms with Crippen LogP contribution in [0.3, 0.4) is 0 Å². The van der Waals surface area contributed by atoms with Crippen LogP contribution in [0.1, 0.15) is 58.8 Å². The number of ether oxygens (including phenoxy) is 1. The first-order valence-electron chi connectivity index (χ1n) is 7.60. The van der Waals surface area contributed by atoms with Gasteiger partial charge in [-0.25, -0.2) is 0 Å². The molecule has 19 heavy (non-hydrogen) atoms. The molecule has 1 fully saturated rings. The molecule has 0 saturated carbocycles. The Kier molecular flexibility index (Phi) is 8.00. The van der Waals surface area contributed by atoms with Gasteiger partial charge in [0.15, 0.2) is 0 Å². The lowest BCUT2D eigenvalue weighted by Crippen LogP contribution is -2.38. The lowest BCUT2D eigenvalue weighted by Gasteiger charge is -2.29. The van der Waals surface area contributed by atoms with Crippen LogP contribution in [0.25, 0.3) is 0 Å². The van der Waals surface area contributed by atoms with Gasteiger partial charge in [0.05, 0.1) is 6.10 Å². The van der Waals surface area contributed by atoms with Crippen LogP contribution in [0.15, 0.2) is 0 Å². The Bertz CT molecular complexity index is 253. The molecule has 1 atom stereocenters. The summed E-state index contributed by atoms with van der Waals surface area (Å²) in [5.41, 5.74) is 0.205. The number of rotatable bonds is 8. The molecule has 0 aliphatic carbocycles. The summed E-state index contributed by atoms with van der Waals surface area (Å²) in [4.78, 5) is 11.9. The topological polar surface area (TPSA) is 38.3 Å². The minimum atomic E-state index is 0.168. The molecule has 0 bridgehead atoms. The molecule has 1 rings (SSSR count). The summed E-state index contributed by atoms with van der Waals surface area (Å²) in [6, 6.07) is 0. The molecule has 0 aromatic heterocycles. The van der Waals surface area contributed by atoms with Gasteiger partial charge < -0.3 is 10.1 Å². The smallest absolute Gasteiger partial charge is 0.220 e. The molecule has 1 heterocycles. The molecule has 1 unspecified atom stereocenters. The van der Waals surface area contributed by atoms with Crippen molar-refractivity contribution in [1.29, 1.82) is 0 Å². The summed E-state index contributed by atoms with van der Waals surface area (Å²) in [5.74, 6) is 0.168. The predicted molar refractivity (Wildman–Crippen MR) is 82.6 cm³/mol. The maximum atomic E-state index is 11.9. The molecule has 0 aromatic carbocycles. The number of alkyl halides is 1. The largest absolute Gasteiger partial charge is 0.378 e. The number of carbonyl (C=O) groups is 1. The van der Waals surface area contributed by atoms with Gasteiger partial charge in [-0.15, -0.1) is 0 Å². The third-order valence-electron chi connectivity index (χ3n) is 4.41. The minimum Gasteiger partial charge on any atom is -0.378 e. The Labute approximate surface area is 126 Å². The predicted octanol–water partition coefficient (Wildman–Crippen LogP) is 3.65. The molecule has 0 aromatic rings. The van der Waals surface area contributed by atoms with Crippen LogP contribution < -0.4 is 5.32 Å². The van der Waals surface area contributed by atoms with Gasteiger partial charge in [-0.05, 0) is 43.9 Å². The van der Waals surface area contributed by atoms with Crippen molar-refractivity contribution in [3.8, 4) is 0 Å². The second-order valence-electron chi connectivity index (χ2n) is 5.64. The van der Waals surface area contributed by atoms with Crippen LogP contribution in [0.2, 0.25) is 0 Å². The van der Waals surface area contributed by atoms with Crippen molar-refractivity contribution in [2.45, 2.75) is 64.9 Å². The molecule has 1 N–H and O–H groups in total. The maximum Gasteiger partial charge on any atom is 0.220 e. The van der Waals surface area contributed by atoms with Crippen LogP contribution in [0.4, 0.5) is 0 Å². The average molecular weight is 334 g/mol. The molecule has 4 heteroatoms. The van der Waals surface area contributed by atoms with Gasteiger partial charge >= 0.3 is 0 Å². The molecule has 1 aliphatic rings. The number of nitrogens with one attached hydrogen (secondary N) is 1. The first kappa shape index (κ1) is 17.0. The van der Waals surface area contributed by atoms with E-state index in [-0.39, 0.29) is 11.3 Å². The molecule has 0 spiro atoms. The highest BCUT2D eigenvalue weighted by molar-refractivity contribution is 9.09. The van der Waals surface area contributed by atoms with Gasteiger partial charge in [0, 0.05) is 24.9 Å². The van der Waals surface area contributed by atoms with Gasteiger partial charge in [-0.3, -0.25) is 4.79 Å². The van der Waals surface area contributed by atoms with E-state index < -0.39 is 0 Å². The van der Waals surface area contributed by atoms with Crippen LogP contribution in [0, 0.1) is 5.41 Å². The molecular weight excluding hydrogens is 306 g/mol. The summed E-state index contributed by atoms with van der Waals surface area (Å²) >= 11 is 3.57. The second-order valence-corrected chi connectivity index (χ2v) is 6.21. The van der Waals surface area contributed by atoms with E-state index in [0.29, 0.717) is 12.5 Å². The minimum absolute atomic E-state index is 0.168. The van der Waals surface area contributed by atoms with Crippen molar-refractivity contribution in [2.75, 3.05) is 18.5 Å². The van der Waals surface area contributed by atoms with Gasteiger partial charge in [0.1, 0.15) is 0 Å². The van der Waals surface area contributed by atoms with Gasteiger partial charge in [-0.1, -0.05) is 29.8 Å². The number of halogens is 1. The SMILES string of the molecule is CCC(CC)(CBr)CNC(=O)CCC1CCCCO1. The number of hydrogen-bond donors (Lipinski definition) is 1. The molecule has 1 aliphatic heterocycles. The zero-order valence-corrected chi connectivity index (χ0v) is 13.9. The van der Waals surface area contributed by atoms with E-state index in [9.17, 15) is 4.79 Å². The van der Waals surface area contributed by atoms with Crippen molar-refractivity contribution in [1.82, 2.24) is 5.32 Å². The molecule has 1 amide bonds. The highest BCUT2D eigenvalue weighted by Gasteiger charge is 2.25. The zero-order valence-electron chi connectivity index (χ0n) is 12.3. The Hall–Kier alpha value is -0.0900. The van der Waals surface area contributed by atoms with Crippen molar-refractivity contribution < 1.29 is 9.53 Å². The van der Waals surface area contributed by atoms with Crippen LogP contribution >= 0.6 is 15.9 Å². The first-order valence-corrected chi connectivity index (χ1v) is 8.72. The normalized spacial score (nSPS) is 20.3. The van der Waals surface area contributed by atoms with Crippen molar-refractivity contribution in [3.63, 3.8) is 0 Å². The van der Waals surface area contributed by atoms with E-state index in [1.807, 2.05) is 0 Å². The number of hydrogen-bond acceptors (Lipinski definition) is 2. The molecule has 0 radical (unpaired) electrons. The van der Waals surface area contributed by atoms with Crippen LogP contribution in [0.5, 0.6) is 0 Å². The molecule has 112 valence electrons. The summed E-state index contributed by atoms with van der Waals surface area (Å²) in [6.45, 7) is 6.01. The van der Waals surface area contributed by atoms with E-state index in [4.69, 9.17) is 4.74 Å². The number of amides is 1. The quantitative estimate of drug-likeness (QED) is 0.688. The maximum absolute atomic E-state index is 11.9. The van der Waals surface area contributed by atoms with Gasteiger partial charge in [-0.2, -0.15) is 0 Å². The summed E-state index contributed by atoms with van der Waals surface area (Å²) in [6.07, 6.45) is 7.46. The summed E-state index contributed by atoms with van der Waals surface area (Å²) < 4.78 is 5.65. The number of carbonyl (C=O) groups excluding carboxylic acids is 1. The third-order valence-corrected chi connectivity index (χ3v) is 5.60. The zero-order chi connectivity index (χ0) is 14.1. The third kappa shape index (κ3) is 5.82. The summed E-state index contributed by atoms with van der Waals surface area (Å²) in [7, 11) is 0. The fraction of sp³-hybridized carbons (Fsp3) is 0.933. The highest BCUT2D eigenvalue weighted by atomic mass is 79.9. The Morgan fingerprint density at radius 2 is 2.11 bits per heavy atom. The Balaban J connectivity index is 2.23. The van der Waals surface area contributed by atoms with E-state index in [1.165, 1.54) is 12.8 Å². The second kappa shape index (κ2) is 8.96. The van der Waals surface area contributed by atoms with E-state index in [1.54, 1.807) is 0 Å². The van der Waals surface area contributed by atoms with Crippen LogP contribution in [-0.4, -0.2) is 30.5 Å². The standard InChI is InChI=1S/C15H28BrNO2/c1-3-15(4-2,11-16)12-17-14(18)9-8-13-7-5-6-10-19-13/h13H,3-12H2,1-2H3,(H,17,18). The van der Waals surface area contributed by atoms with Crippen LogP contribution in [-0.2, 0) is 9.53 Å². The highest BCUT2D eigenvalue weighted by Crippen LogP contribution is 2.27. The molecule has 3 nitrogen and oxygen atoms in total. The first-order chi connectivity index (χ1) is 9.15. The monoisotopic (exact) mass is 333 g/mol. The Morgan fingerprint density at radius 3 is 2.63 bits per heavy atom. The van der Waals surface area contributed by atoms with Gasteiger partial charge in [0.25, 0.3) is 0 Å². The lowest BCUT2D eigenvalue weighted by molar-refractivity contribution is -0.122. The lowest BCUT2D eigenvalue weighted by atomic mass is 9.84. The van der Waals surface area contributed by atoms with E-state index in [2.05, 4.69) is 35.1 Å². The van der Waals surface area contributed by atoms with E-state index in [0.717, 1.165) is 44.2 Å². The fourth-order valence-corrected chi connectivity index (χ4v) is 3.43. The fourth-order valence-electron chi connectivity index (χ4n) is 2.44. The van der Waals surface area contributed by atoms with Crippen molar-refractivity contribution >= 4 is 21.8 Å². The van der Waals surface area contributed by atoms with E-state index >= 15 is 0 Å². The average Bonchev–Trinajstić information content (AvgIpc) is 2.48. The summed E-state index contributed by atoms with van der Waals surface area (Å²) in [5, 5.41) is 4.03. The van der Waals surface area contributed by atoms with Crippen molar-refractivity contribution in [2.24, 2.45) is 5.41 Å².